The highest BCUT2D eigenvalue weighted by Crippen LogP contribution is 2.29. The number of sulfonamides is 1. The van der Waals surface area contributed by atoms with Gasteiger partial charge in [0.1, 0.15) is 16.5 Å². The molecule has 0 bridgehead atoms. The quantitative estimate of drug-likeness (QED) is 0.614. The second kappa shape index (κ2) is 8.95. The van der Waals surface area contributed by atoms with Crippen molar-refractivity contribution in [3.63, 3.8) is 0 Å². The number of ether oxygens (including phenoxy) is 1. The van der Waals surface area contributed by atoms with Gasteiger partial charge in [-0.3, -0.25) is 14.2 Å². The summed E-state index contributed by atoms with van der Waals surface area (Å²) in [6, 6.07) is 9.21. The van der Waals surface area contributed by atoms with Crippen LogP contribution in [0.1, 0.15) is 35.4 Å². The van der Waals surface area contributed by atoms with Gasteiger partial charge >= 0.3 is 0 Å². The number of fused-ring (bicyclic) bond motifs is 2. The lowest BCUT2D eigenvalue weighted by Crippen LogP contribution is -2.24. The maximum Gasteiger partial charge on any atom is 0.261 e. The monoisotopic (exact) mass is 470 g/mol. The summed E-state index contributed by atoms with van der Waals surface area (Å²) in [7, 11) is 0.449. The normalized spacial score (nSPS) is 14.1. The van der Waals surface area contributed by atoms with Crippen LogP contribution in [-0.2, 0) is 23.0 Å². The molecule has 0 atom stereocenters. The summed E-state index contributed by atoms with van der Waals surface area (Å²) in [4.78, 5) is 30.4. The molecule has 2 heterocycles. The molecule has 9 nitrogen and oxygen atoms in total. The molecule has 33 heavy (non-hydrogen) atoms. The maximum absolute atomic E-state index is 12.9. The SMILES string of the molecule is COc1ccc(NC(=O)c2ccc3c(=O)n4c(nc3c2)CCCCC4)cc1S(=O)(=O)N(C)C. The van der Waals surface area contributed by atoms with Gasteiger partial charge in [-0.2, -0.15) is 0 Å². The first-order chi connectivity index (χ1) is 15.7. The molecule has 0 spiro atoms. The first-order valence-electron chi connectivity index (χ1n) is 10.7. The fraction of sp³-hybridized carbons (Fsp3) is 0.348. The van der Waals surface area contributed by atoms with E-state index in [0.29, 0.717) is 28.7 Å². The maximum atomic E-state index is 12.9. The molecule has 2 aromatic carbocycles. The molecule has 1 aliphatic heterocycles. The standard InChI is InChI=1S/C23H26N4O5S/c1-26(2)33(30,31)20-14-16(9-11-19(20)32-3)24-22(28)15-8-10-17-18(13-15)25-21-7-5-4-6-12-27(21)23(17)29/h8-11,13-14H,4-7,12H2,1-3H3,(H,24,28). The lowest BCUT2D eigenvalue weighted by atomic mass is 10.1. The summed E-state index contributed by atoms with van der Waals surface area (Å²) in [5.41, 5.74) is 1.01. The van der Waals surface area contributed by atoms with E-state index < -0.39 is 15.9 Å². The zero-order chi connectivity index (χ0) is 23.8. The second-order valence-corrected chi connectivity index (χ2v) is 10.3. The Labute approximate surface area is 192 Å². The van der Waals surface area contributed by atoms with Gasteiger partial charge in [0, 0.05) is 38.3 Å². The molecule has 1 N–H and O–H groups in total. The van der Waals surface area contributed by atoms with E-state index in [9.17, 15) is 18.0 Å². The predicted octanol–water partition coefficient (Wildman–Crippen LogP) is 2.63. The average Bonchev–Trinajstić information content (AvgIpc) is 3.04. The van der Waals surface area contributed by atoms with Crippen molar-refractivity contribution in [1.29, 1.82) is 0 Å². The lowest BCUT2D eigenvalue weighted by molar-refractivity contribution is 0.102. The average molecular weight is 471 g/mol. The largest absolute Gasteiger partial charge is 0.495 e. The summed E-state index contributed by atoms with van der Waals surface area (Å²) in [5, 5.41) is 3.20. The molecule has 0 aliphatic carbocycles. The number of methoxy groups -OCH3 is 1. The molecule has 1 aliphatic rings. The lowest BCUT2D eigenvalue weighted by Gasteiger charge is -2.16. The highest BCUT2D eigenvalue weighted by molar-refractivity contribution is 7.89. The number of rotatable bonds is 5. The van der Waals surface area contributed by atoms with E-state index in [-0.39, 0.29) is 16.2 Å². The Balaban J connectivity index is 1.68. The van der Waals surface area contributed by atoms with Crippen LogP contribution in [0.4, 0.5) is 5.69 Å². The molecule has 1 amide bonds. The van der Waals surface area contributed by atoms with Gasteiger partial charge in [0.2, 0.25) is 10.0 Å². The van der Waals surface area contributed by atoms with E-state index in [1.807, 2.05) is 0 Å². The Morgan fingerprint density at radius 1 is 1.12 bits per heavy atom. The van der Waals surface area contributed by atoms with E-state index in [4.69, 9.17) is 4.74 Å². The molecule has 174 valence electrons. The second-order valence-electron chi connectivity index (χ2n) is 8.13. The predicted molar refractivity (Wildman–Crippen MR) is 125 cm³/mol. The molecular formula is C23H26N4O5S. The smallest absolute Gasteiger partial charge is 0.261 e. The van der Waals surface area contributed by atoms with Gasteiger partial charge in [0.25, 0.3) is 11.5 Å². The fourth-order valence-corrected chi connectivity index (χ4v) is 4.99. The summed E-state index contributed by atoms with van der Waals surface area (Å²) in [6.45, 7) is 0.662. The summed E-state index contributed by atoms with van der Waals surface area (Å²) < 4.78 is 33.3. The van der Waals surface area contributed by atoms with Gasteiger partial charge in [0.15, 0.2) is 0 Å². The van der Waals surface area contributed by atoms with Gasteiger partial charge < -0.3 is 10.1 Å². The van der Waals surface area contributed by atoms with E-state index in [1.54, 1.807) is 28.8 Å². The minimum absolute atomic E-state index is 0.0521. The minimum atomic E-state index is -3.78. The number of nitrogens with one attached hydrogen (secondary N) is 1. The van der Waals surface area contributed by atoms with Crippen molar-refractivity contribution in [2.75, 3.05) is 26.5 Å². The number of benzene rings is 2. The first kappa shape index (κ1) is 22.9. The zero-order valence-corrected chi connectivity index (χ0v) is 19.6. The van der Waals surface area contributed by atoms with Crippen LogP contribution in [0.5, 0.6) is 5.75 Å². The molecular weight excluding hydrogens is 444 g/mol. The van der Waals surface area contributed by atoms with E-state index in [1.165, 1.54) is 33.3 Å². The molecule has 0 saturated carbocycles. The van der Waals surface area contributed by atoms with Crippen molar-refractivity contribution in [3.05, 3.63) is 58.1 Å². The van der Waals surface area contributed by atoms with Crippen LogP contribution in [-0.4, -0.2) is 49.4 Å². The van der Waals surface area contributed by atoms with Crippen molar-refractivity contribution in [2.45, 2.75) is 37.1 Å². The number of anilines is 1. The van der Waals surface area contributed by atoms with Crippen molar-refractivity contribution in [2.24, 2.45) is 0 Å². The van der Waals surface area contributed by atoms with Gasteiger partial charge in [-0.05, 0) is 49.2 Å². The number of carbonyl (C=O) groups is 1. The molecule has 3 aromatic rings. The van der Waals surface area contributed by atoms with E-state index >= 15 is 0 Å². The van der Waals surface area contributed by atoms with E-state index in [2.05, 4.69) is 10.3 Å². The molecule has 0 saturated heterocycles. The van der Waals surface area contributed by atoms with Crippen LogP contribution in [0.15, 0.2) is 46.1 Å². The summed E-state index contributed by atoms with van der Waals surface area (Å²) in [6.07, 6.45) is 3.72. The van der Waals surface area contributed by atoms with Crippen LogP contribution in [0, 0.1) is 0 Å². The van der Waals surface area contributed by atoms with Crippen LogP contribution in [0.25, 0.3) is 10.9 Å². The summed E-state index contributed by atoms with van der Waals surface area (Å²) >= 11 is 0. The van der Waals surface area contributed by atoms with Gasteiger partial charge in [0.05, 0.1) is 18.0 Å². The zero-order valence-electron chi connectivity index (χ0n) is 18.8. The number of amides is 1. The van der Waals surface area contributed by atoms with Crippen molar-refractivity contribution in [1.82, 2.24) is 13.9 Å². The Hall–Kier alpha value is -3.24. The third-order valence-electron chi connectivity index (χ3n) is 5.76. The van der Waals surface area contributed by atoms with Crippen LogP contribution < -0.4 is 15.6 Å². The molecule has 0 radical (unpaired) electrons. The number of aromatic nitrogens is 2. The highest BCUT2D eigenvalue weighted by Gasteiger charge is 2.23. The van der Waals surface area contributed by atoms with Crippen molar-refractivity contribution in [3.8, 4) is 5.75 Å². The number of nitrogens with zero attached hydrogens (tertiary/aromatic N) is 3. The topological polar surface area (TPSA) is 111 Å². The number of carbonyl (C=O) groups excluding carboxylic acids is 1. The Morgan fingerprint density at radius 3 is 2.64 bits per heavy atom. The first-order valence-corrected chi connectivity index (χ1v) is 12.1. The Bertz CT molecular complexity index is 1400. The van der Waals surface area contributed by atoms with Crippen LogP contribution in [0.3, 0.4) is 0 Å². The number of hydrogen-bond donors (Lipinski definition) is 1. The molecule has 0 fully saturated rings. The number of aryl methyl sites for hydroxylation is 1. The van der Waals surface area contributed by atoms with Crippen LogP contribution >= 0.6 is 0 Å². The molecule has 4 rings (SSSR count). The minimum Gasteiger partial charge on any atom is -0.495 e. The van der Waals surface area contributed by atoms with Crippen molar-refractivity contribution < 1.29 is 17.9 Å². The van der Waals surface area contributed by atoms with Gasteiger partial charge in [-0.15, -0.1) is 0 Å². The highest BCUT2D eigenvalue weighted by atomic mass is 32.2. The van der Waals surface area contributed by atoms with Crippen molar-refractivity contribution >= 4 is 32.5 Å². The van der Waals surface area contributed by atoms with E-state index in [0.717, 1.165) is 35.8 Å². The number of hydrogen-bond acceptors (Lipinski definition) is 6. The van der Waals surface area contributed by atoms with Gasteiger partial charge in [-0.1, -0.05) is 6.42 Å². The third kappa shape index (κ3) is 4.36. The Kier molecular flexibility index (Phi) is 6.22. The summed E-state index contributed by atoms with van der Waals surface area (Å²) in [5.74, 6) is 0.487. The fourth-order valence-electron chi connectivity index (χ4n) is 3.92. The third-order valence-corrected chi connectivity index (χ3v) is 7.60. The molecule has 1 aromatic heterocycles. The van der Waals surface area contributed by atoms with Gasteiger partial charge in [-0.25, -0.2) is 17.7 Å². The van der Waals surface area contributed by atoms with Crippen LogP contribution in [0.2, 0.25) is 0 Å². The Morgan fingerprint density at radius 2 is 1.91 bits per heavy atom. The molecule has 0 unspecified atom stereocenters. The molecule has 10 heteroatoms.